The lowest BCUT2D eigenvalue weighted by Crippen LogP contribution is -2.42. The normalized spacial score (nSPS) is 20.1. The van der Waals surface area contributed by atoms with Gasteiger partial charge in [0.15, 0.2) is 0 Å². The first-order valence-electron chi connectivity index (χ1n) is 7.15. The van der Waals surface area contributed by atoms with E-state index in [1.54, 1.807) is 11.8 Å². The fraction of sp³-hybridized carbons (Fsp3) is 0.714. The van der Waals surface area contributed by atoms with Crippen LogP contribution in [0.5, 0.6) is 0 Å². The lowest BCUT2D eigenvalue weighted by atomic mass is 9.97. The maximum absolute atomic E-state index is 12.9. The van der Waals surface area contributed by atoms with Crippen LogP contribution in [-0.2, 0) is 0 Å². The van der Waals surface area contributed by atoms with Gasteiger partial charge in [-0.15, -0.1) is 0 Å². The number of hydrogen-bond acceptors (Lipinski definition) is 4. The van der Waals surface area contributed by atoms with Crippen molar-refractivity contribution in [2.45, 2.75) is 45.7 Å². The van der Waals surface area contributed by atoms with Crippen LogP contribution in [0.15, 0.2) is 0 Å². The SMILES string of the molecule is Cc1c(N)nc(C(C)C)nc1N1CCCC(C(F)(F)F)C1. The summed E-state index contributed by atoms with van der Waals surface area (Å²) in [7, 11) is 0. The van der Waals surface area contributed by atoms with Crippen LogP contribution in [0.2, 0.25) is 0 Å². The Kier molecular flexibility index (Phi) is 4.30. The molecular weight excluding hydrogens is 281 g/mol. The second kappa shape index (κ2) is 5.69. The van der Waals surface area contributed by atoms with Crippen molar-refractivity contribution < 1.29 is 13.2 Å². The van der Waals surface area contributed by atoms with E-state index < -0.39 is 12.1 Å². The number of rotatable bonds is 2. The smallest absolute Gasteiger partial charge is 0.383 e. The fourth-order valence-electron chi connectivity index (χ4n) is 2.54. The molecule has 1 aliphatic rings. The number of halogens is 3. The van der Waals surface area contributed by atoms with Crippen LogP contribution in [0.1, 0.15) is 44.0 Å². The minimum Gasteiger partial charge on any atom is -0.383 e. The van der Waals surface area contributed by atoms with E-state index in [0.717, 1.165) is 0 Å². The molecule has 0 spiro atoms. The Balaban J connectivity index is 2.32. The molecule has 0 saturated carbocycles. The average molecular weight is 302 g/mol. The first-order chi connectivity index (χ1) is 9.70. The van der Waals surface area contributed by atoms with E-state index in [-0.39, 0.29) is 18.9 Å². The second-order valence-electron chi connectivity index (χ2n) is 5.90. The molecule has 2 heterocycles. The van der Waals surface area contributed by atoms with Crippen LogP contribution in [-0.4, -0.2) is 29.2 Å². The standard InChI is InChI=1S/C14H21F3N4/c1-8(2)12-19-11(18)9(3)13(20-12)21-6-4-5-10(7-21)14(15,16)17/h8,10H,4-7H2,1-3H3,(H2,18,19,20). The Labute approximate surface area is 122 Å². The molecule has 4 nitrogen and oxygen atoms in total. The largest absolute Gasteiger partial charge is 0.393 e. The van der Waals surface area contributed by atoms with Gasteiger partial charge >= 0.3 is 6.18 Å². The van der Waals surface area contributed by atoms with Crippen molar-refractivity contribution in [1.29, 1.82) is 0 Å². The van der Waals surface area contributed by atoms with E-state index in [0.29, 0.717) is 36.0 Å². The van der Waals surface area contributed by atoms with Crippen molar-refractivity contribution >= 4 is 11.6 Å². The minimum atomic E-state index is -4.16. The van der Waals surface area contributed by atoms with Gasteiger partial charge in [-0.05, 0) is 19.8 Å². The first-order valence-corrected chi connectivity index (χ1v) is 7.15. The van der Waals surface area contributed by atoms with E-state index in [4.69, 9.17) is 5.73 Å². The zero-order chi connectivity index (χ0) is 15.8. The Bertz CT molecular complexity index is 514. The summed E-state index contributed by atoms with van der Waals surface area (Å²) in [6, 6.07) is 0. The third-order valence-electron chi connectivity index (χ3n) is 3.88. The summed E-state index contributed by atoms with van der Waals surface area (Å²) in [6.45, 7) is 6.14. The van der Waals surface area contributed by atoms with Crippen molar-refractivity contribution in [3.63, 3.8) is 0 Å². The molecule has 1 unspecified atom stereocenters. The van der Waals surface area contributed by atoms with E-state index in [1.807, 2.05) is 13.8 Å². The zero-order valence-electron chi connectivity index (χ0n) is 12.5. The number of anilines is 2. The molecule has 21 heavy (non-hydrogen) atoms. The quantitative estimate of drug-likeness (QED) is 0.911. The van der Waals surface area contributed by atoms with Crippen LogP contribution in [0.25, 0.3) is 0 Å². The molecule has 1 aliphatic heterocycles. The number of hydrogen-bond donors (Lipinski definition) is 1. The summed E-state index contributed by atoms with van der Waals surface area (Å²) in [4.78, 5) is 10.3. The number of nitrogens with two attached hydrogens (primary N) is 1. The highest BCUT2D eigenvalue weighted by atomic mass is 19.4. The number of nitrogens with zero attached hydrogens (tertiary/aromatic N) is 3. The lowest BCUT2D eigenvalue weighted by Gasteiger charge is -2.35. The molecule has 118 valence electrons. The Hall–Kier alpha value is -1.53. The third-order valence-corrected chi connectivity index (χ3v) is 3.88. The number of aromatic nitrogens is 2. The molecule has 1 fully saturated rings. The van der Waals surface area contributed by atoms with E-state index in [2.05, 4.69) is 9.97 Å². The maximum Gasteiger partial charge on any atom is 0.393 e. The Morgan fingerprint density at radius 2 is 1.95 bits per heavy atom. The number of alkyl halides is 3. The van der Waals surface area contributed by atoms with Crippen molar-refractivity contribution in [3.05, 3.63) is 11.4 Å². The Morgan fingerprint density at radius 3 is 2.52 bits per heavy atom. The molecule has 0 aliphatic carbocycles. The van der Waals surface area contributed by atoms with Gasteiger partial charge in [0.2, 0.25) is 0 Å². The molecule has 0 radical (unpaired) electrons. The van der Waals surface area contributed by atoms with Gasteiger partial charge in [0.05, 0.1) is 5.92 Å². The van der Waals surface area contributed by atoms with Crippen LogP contribution in [0.3, 0.4) is 0 Å². The van der Waals surface area contributed by atoms with Crippen molar-refractivity contribution in [1.82, 2.24) is 9.97 Å². The van der Waals surface area contributed by atoms with Gasteiger partial charge in [-0.3, -0.25) is 0 Å². The summed E-state index contributed by atoms with van der Waals surface area (Å²) in [5.41, 5.74) is 6.54. The highest BCUT2D eigenvalue weighted by Crippen LogP contribution is 2.35. The molecule has 0 bridgehead atoms. The van der Waals surface area contributed by atoms with Crippen molar-refractivity contribution in [3.8, 4) is 0 Å². The molecule has 1 atom stereocenters. The van der Waals surface area contributed by atoms with Crippen LogP contribution in [0.4, 0.5) is 24.8 Å². The summed E-state index contributed by atoms with van der Waals surface area (Å²) in [5.74, 6) is 0.236. The van der Waals surface area contributed by atoms with Gasteiger partial charge in [-0.2, -0.15) is 13.2 Å². The number of nitrogen functional groups attached to an aromatic ring is 1. The van der Waals surface area contributed by atoms with Gasteiger partial charge in [-0.25, -0.2) is 9.97 Å². The van der Waals surface area contributed by atoms with Crippen molar-refractivity contribution in [2.24, 2.45) is 5.92 Å². The Morgan fingerprint density at radius 1 is 1.29 bits per heavy atom. The summed E-state index contributed by atoms with van der Waals surface area (Å²) >= 11 is 0. The van der Waals surface area contributed by atoms with Gasteiger partial charge in [0, 0.05) is 24.6 Å². The molecule has 1 aromatic heterocycles. The lowest BCUT2D eigenvalue weighted by molar-refractivity contribution is -0.176. The van der Waals surface area contributed by atoms with E-state index in [1.165, 1.54) is 0 Å². The first kappa shape index (κ1) is 15.9. The third kappa shape index (κ3) is 3.39. The maximum atomic E-state index is 12.9. The molecular formula is C14H21F3N4. The van der Waals surface area contributed by atoms with Gasteiger partial charge in [-0.1, -0.05) is 13.8 Å². The van der Waals surface area contributed by atoms with Crippen LogP contribution >= 0.6 is 0 Å². The molecule has 7 heteroatoms. The predicted molar refractivity (Wildman–Crippen MR) is 76.3 cm³/mol. The molecule has 0 aromatic carbocycles. The van der Waals surface area contributed by atoms with Crippen molar-refractivity contribution in [2.75, 3.05) is 23.7 Å². The zero-order valence-corrected chi connectivity index (χ0v) is 12.5. The molecule has 1 saturated heterocycles. The fourth-order valence-corrected chi connectivity index (χ4v) is 2.54. The highest BCUT2D eigenvalue weighted by Gasteiger charge is 2.42. The molecule has 2 N–H and O–H groups in total. The van der Waals surface area contributed by atoms with E-state index in [9.17, 15) is 13.2 Å². The van der Waals surface area contributed by atoms with Crippen LogP contribution < -0.4 is 10.6 Å². The average Bonchev–Trinajstić information content (AvgIpc) is 2.40. The van der Waals surface area contributed by atoms with Gasteiger partial charge < -0.3 is 10.6 Å². The summed E-state index contributed by atoms with van der Waals surface area (Å²) < 4.78 is 38.8. The van der Waals surface area contributed by atoms with Gasteiger partial charge in [0.1, 0.15) is 17.5 Å². The van der Waals surface area contributed by atoms with E-state index >= 15 is 0 Å². The number of piperidine rings is 1. The van der Waals surface area contributed by atoms with Crippen LogP contribution in [0, 0.1) is 12.8 Å². The second-order valence-corrected chi connectivity index (χ2v) is 5.90. The summed E-state index contributed by atoms with van der Waals surface area (Å²) in [5, 5.41) is 0. The summed E-state index contributed by atoms with van der Waals surface area (Å²) in [6.07, 6.45) is -3.48. The predicted octanol–water partition coefficient (Wildman–Crippen LogP) is 3.27. The molecule has 2 rings (SSSR count). The molecule has 1 aromatic rings. The van der Waals surface area contributed by atoms with Gasteiger partial charge in [0.25, 0.3) is 0 Å². The minimum absolute atomic E-state index is 0.0572. The highest BCUT2D eigenvalue weighted by molar-refractivity contribution is 5.57. The molecule has 0 amide bonds. The monoisotopic (exact) mass is 302 g/mol. The topological polar surface area (TPSA) is 55.0 Å².